The first-order chi connectivity index (χ1) is 10.0. The quantitative estimate of drug-likeness (QED) is 0.814. The summed E-state index contributed by atoms with van der Waals surface area (Å²) in [6, 6.07) is 12.1. The van der Waals surface area contributed by atoms with E-state index >= 15 is 0 Å². The van der Waals surface area contributed by atoms with Gasteiger partial charge in [-0.1, -0.05) is 46.6 Å². The van der Waals surface area contributed by atoms with Crippen molar-refractivity contribution >= 4 is 39.1 Å². The van der Waals surface area contributed by atoms with Gasteiger partial charge in [0.2, 0.25) is 0 Å². The normalized spacial score (nSPS) is 12.0. The first-order valence-corrected chi connectivity index (χ1v) is 7.72. The predicted molar refractivity (Wildman–Crippen MR) is 88.8 cm³/mol. The molecular formula is C16H15BrClNO2. The maximum absolute atomic E-state index is 12.3. The Kier molecular flexibility index (Phi) is 5.39. The highest BCUT2D eigenvalue weighted by atomic mass is 79.9. The van der Waals surface area contributed by atoms with Crippen LogP contribution in [0, 0.1) is 0 Å². The van der Waals surface area contributed by atoms with E-state index in [1.54, 1.807) is 36.4 Å². The van der Waals surface area contributed by atoms with Crippen LogP contribution in [-0.2, 0) is 0 Å². The van der Waals surface area contributed by atoms with E-state index < -0.39 is 6.10 Å². The predicted octanol–water partition coefficient (Wildman–Crippen LogP) is 4.80. The van der Waals surface area contributed by atoms with Gasteiger partial charge >= 0.3 is 0 Å². The molecule has 0 fully saturated rings. The van der Waals surface area contributed by atoms with E-state index in [4.69, 9.17) is 11.6 Å². The van der Waals surface area contributed by atoms with E-state index in [1.807, 2.05) is 13.0 Å². The number of aliphatic hydroxyl groups is 1. The molecule has 0 aliphatic heterocycles. The number of hydrogen-bond donors (Lipinski definition) is 2. The summed E-state index contributed by atoms with van der Waals surface area (Å²) in [5, 5.41) is 13.4. The Morgan fingerprint density at radius 2 is 2.10 bits per heavy atom. The Labute approximate surface area is 137 Å². The lowest BCUT2D eigenvalue weighted by Gasteiger charge is -2.15. The van der Waals surface area contributed by atoms with Crippen molar-refractivity contribution in [2.24, 2.45) is 0 Å². The number of hydrogen-bond acceptors (Lipinski definition) is 2. The van der Waals surface area contributed by atoms with Crippen molar-refractivity contribution in [3.05, 3.63) is 63.1 Å². The van der Waals surface area contributed by atoms with Gasteiger partial charge in [-0.2, -0.15) is 0 Å². The number of aliphatic hydroxyl groups excluding tert-OH is 1. The average Bonchev–Trinajstić information content (AvgIpc) is 2.46. The van der Waals surface area contributed by atoms with Gasteiger partial charge in [-0.05, 0) is 36.8 Å². The molecule has 0 radical (unpaired) electrons. The van der Waals surface area contributed by atoms with Crippen molar-refractivity contribution < 1.29 is 9.90 Å². The van der Waals surface area contributed by atoms with E-state index in [1.165, 1.54) is 0 Å². The molecule has 0 aromatic heterocycles. The van der Waals surface area contributed by atoms with Crippen molar-refractivity contribution in [3.63, 3.8) is 0 Å². The number of anilines is 1. The molecule has 0 bridgehead atoms. The monoisotopic (exact) mass is 367 g/mol. The van der Waals surface area contributed by atoms with Crippen LogP contribution in [0.4, 0.5) is 5.69 Å². The Balaban J connectivity index is 2.30. The zero-order valence-corrected chi connectivity index (χ0v) is 13.8. The van der Waals surface area contributed by atoms with E-state index in [0.29, 0.717) is 28.3 Å². The van der Waals surface area contributed by atoms with Crippen LogP contribution in [-0.4, -0.2) is 11.0 Å². The molecule has 0 saturated heterocycles. The summed E-state index contributed by atoms with van der Waals surface area (Å²) in [5.74, 6) is -0.264. The number of rotatable bonds is 4. The van der Waals surface area contributed by atoms with Crippen LogP contribution in [0.15, 0.2) is 46.9 Å². The molecule has 21 heavy (non-hydrogen) atoms. The Morgan fingerprint density at radius 3 is 2.76 bits per heavy atom. The topological polar surface area (TPSA) is 49.3 Å². The second kappa shape index (κ2) is 7.07. The first-order valence-electron chi connectivity index (χ1n) is 6.55. The van der Waals surface area contributed by atoms with E-state index in [-0.39, 0.29) is 5.91 Å². The molecule has 0 heterocycles. The maximum Gasteiger partial charge on any atom is 0.255 e. The van der Waals surface area contributed by atoms with Crippen molar-refractivity contribution in [2.75, 3.05) is 5.32 Å². The van der Waals surface area contributed by atoms with Gasteiger partial charge in [-0.25, -0.2) is 0 Å². The van der Waals surface area contributed by atoms with Gasteiger partial charge in [0, 0.05) is 26.3 Å². The molecule has 0 aliphatic rings. The number of amides is 1. The van der Waals surface area contributed by atoms with Crippen LogP contribution >= 0.6 is 27.5 Å². The molecule has 0 spiro atoms. The van der Waals surface area contributed by atoms with Gasteiger partial charge in [-0.3, -0.25) is 4.79 Å². The zero-order chi connectivity index (χ0) is 15.4. The zero-order valence-electron chi connectivity index (χ0n) is 11.4. The molecule has 5 heteroatoms. The average molecular weight is 369 g/mol. The summed E-state index contributed by atoms with van der Waals surface area (Å²) >= 11 is 9.26. The van der Waals surface area contributed by atoms with E-state index in [2.05, 4.69) is 21.2 Å². The van der Waals surface area contributed by atoms with Crippen molar-refractivity contribution in [2.45, 2.75) is 19.4 Å². The Hall–Kier alpha value is -1.36. The summed E-state index contributed by atoms with van der Waals surface area (Å²) in [6.45, 7) is 1.88. The third-order valence-corrected chi connectivity index (χ3v) is 3.82. The first kappa shape index (κ1) is 16.0. The van der Waals surface area contributed by atoms with Gasteiger partial charge in [-0.15, -0.1) is 0 Å². The summed E-state index contributed by atoms with van der Waals surface area (Å²) in [6.07, 6.45) is -0.0467. The van der Waals surface area contributed by atoms with E-state index in [0.717, 1.165) is 4.47 Å². The van der Waals surface area contributed by atoms with Crippen molar-refractivity contribution in [3.8, 4) is 0 Å². The summed E-state index contributed by atoms with van der Waals surface area (Å²) < 4.78 is 0.830. The number of nitrogens with one attached hydrogen (secondary N) is 1. The molecule has 2 aromatic carbocycles. The molecule has 3 nitrogen and oxygen atoms in total. The summed E-state index contributed by atoms with van der Waals surface area (Å²) in [5.41, 5.74) is 1.75. The molecular weight excluding hydrogens is 354 g/mol. The minimum atomic E-state index is -0.618. The van der Waals surface area contributed by atoms with Gasteiger partial charge < -0.3 is 10.4 Å². The van der Waals surface area contributed by atoms with Crippen LogP contribution in [0.2, 0.25) is 5.02 Å². The number of carbonyl (C=O) groups is 1. The summed E-state index contributed by atoms with van der Waals surface area (Å²) in [4.78, 5) is 12.3. The fourth-order valence-electron chi connectivity index (χ4n) is 1.97. The molecule has 2 N–H and O–H groups in total. The molecule has 0 saturated carbocycles. The molecule has 0 unspecified atom stereocenters. The molecule has 0 aliphatic carbocycles. The third kappa shape index (κ3) is 4.06. The lowest BCUT2D eigenvalue weighted by molar-refractivity contribution is 0.102. The number of carbonyl (C=O) groups excluding carboxylic acids is 1. The largest absolute Gasteiger partial charge is 0.388 e. The minimum Gasteiger partial charge on any atom is -0.388 e. The lowest BCUT2D eigenvalue weighted by Crippen LogP contribution is -2.14. The highest BCUT2D eigenvalue weighted by molar-refractivity contribution is 9.10. The molecule has 2 aromatic rings. The van der Waals surface area contributed by atoms with Gasteiger partial charge in [0.15, 0.2) is 0 Å². The Bertz CT molecular complexity index is 660. The SMILES string of the molecule is CC[C@H](O)c1ccc(Br)cc1NC(=O)c1cccc(Cl)c1. The molecule has 110 valence electrons. The fourth-order valence-corrected chi connectivity index (χ4v) is 2.52. The second-order valence-corrected chi connectivity index (χ2v) is 5.97. The molecule has 2 rings (SSSR count). The minimum absolute atomic E-state index is 0.264. The molecule has 1 atom stereocenters. The van der Waals surface area contributed by atoms with Crippen LogP contribution in [0.25, 0.3) is 0 Å². The van der Waals surface area contributed by atoms with Crippen LogP contribution in [0.5, 0.6) is 0 Å². The maximum atomic E-state index is 12.3. The number of benzene rings is 2. The lowest BCUT2D eigenvalue weighted by atomic mass is 10.0. The Morgan fingerprint density at radius 1 is 1.33 bits per heavy atom. The van der Waals surface area contributed by atoms with Gasteiger partial charge in [0.1, 0.15) is 0 Å². The van der Waals surface area contributed by atoms with Crippen LogP contribution in [0.3, 0.4) is 0 Å². The van der Waals surface area contributed by atoms with Crippen LogP contribution in [0.1, 0.15) is 35.4 Å². The van der Waals surface area contributed by atoms with Crippen molar-refractivity contribution in [1.29, 1.82) is 0 Å². The van der Waals surface area contributed by atoms with Crippen LogP contribution < -0.4 is 5.32 Å². The highest BCUT2D eigenvalue weighted by Crippen LogP contribution is 2.29. The summed E-state index contributed by atoms with van der Waals surface area (Å²) in [7, 11) is 0. The van der Waals surface area contributed by atoms with E-state index in [9.17, 15) is 9.90 Å². The van der Waals surface area contributed by atoms with Crippen molar-refractivity contribution in [1.82, 2.24) is 0 Å². The van der Waals surface area contributed by atoms with Gasteiger partial charge in [0.05, 0.1) is 6.10 Å². The molecule has 1 amide bonds. The highest BCUT2D eigenvalue weighted by Gasteiger charge is 2.14. The smallest absolute Gasteiger partial charge is 0.255 e. The third-order valence-electron chi connectivity index (χ3n) is 3.10. The fraction of sp³-hybridized carbons (Fsp3) is 0.188. The number of halogens is 2. The van der Waals surface area contributed by atoms with Gasteiger partial charge in [0.25, 0.3) is 5.91 Å². The second-order valence-electron chi connectivity index (χ2n) is 4.62. The standard InChI is InChI=1S/C16H15BrClNO2/c1-2-15(20)13-7-6-11(17)9-14(13)19-16(21)10-4-3-5-12(18)8-10/h3-9,15,20H,2H2,1H3,(H,19,21)/t15-/m0/s1.